The van der Waals surface area contributed by atoms with Gasteiger partial charge in [0.1, 0.15) is 6.17 Å². The third kappa shape index (κ3) is 2.90. The third-order valence-electron chi connectivity index (χ3n) is 3.94. The van der Waals surface area contributed by atoms with Crippen LogP contribution in [0.2, 0.25) is 0 Å². The van der Waals surface area contributed by atoms with Gasteiger partial charge in [0.25, 0.3) is 0 Å². The van der Waals surface area contributed by atoms with E-state index in [0.29, 0.717) is 6.42 Å². The first-order valence-electron chi connectivity index (χ1n) is 7.01. The number of halogens is 3. The summed E-state index contributed by atoms with van der Waals surface area (Å²) >= 11 is 0. The van der Waals surface area contributed by atoms with Gasteiger partial charge in [-0.15, -0.1) is 0 Å². The molecule has 1 fully saturated rings. The summed E-state index contributed by atoms with van der Waals surface area (Å²) in [7, 11) is 0. The summed E-state index contributed by atoms with van der Waals surface area (Å²) in [6.45, 7) is 5.43. The van der Waals surface area contributed by atoms with Crippen LogP contribution in [-0.4, -0.2) is 22.9 Å². The highest BCUT2D eigenvalue weighted by atomic mass is 19.4. The van der Waals surface area contributed by atoms with Gasteiger partial charge in [-0.1, -0.05) is 25.1 Å². The molecule has 3 unspecified atom stereocenters. The molecule has 21 heavy (non-hydrogen) atoms. The summed E-state index contributed by atoms with van der Waals surface area (Å²) in [5.74, 6) is -0.161. The van der Waals surface area contributed by atoms with Crippen molar-refractivity contribution in [3.8, 4) is 0 Å². The van der Waals surface area contributed by atoms with E-state index in [4.69, 9.17) is 0 Å². The number of carbonyl (C=O) groups excluding carboxylic acids is 1. The number of nitrogens with one attached hydrogen (secondary N) is 1. The highest BCUT2D eigenvalue weighted by molar-refractivity contribution is 5.84. The summed E-state index contributed by atoms with van der Waals surface area (Å²) in [4.78, 5) is 13.8. The monoisotopic (exact) mass is 300 g/mol. The van der Waals surface area contributed by atoms with Crippen LogP contribution in [0.5, 0.6) is 0 Å². The van der Waals surface area contributed by atoms with E-state index in [1.807, 2.05) is 13.8 Å². The van der Waals surface area contributed by atoms with E-state index >= 15 is 0 Å². The van der Waals surface area contributed by atoms with Gasteiger partial charge >= 0.3 is 6.18 Å². The predicted molar refractivity (Wildman–Crippen MR) is 73.4 cm³/mol. The van der Waals surface area contributed by atoms with Crippen LogP contribution in [0.3, 0.4) is 0 Å². The zero-order valence-corrected chi connectivity index (χ0v) is 12.2. The normalized spacial score (nSPS) is 24.5. The Balaban J connectivity index is 2.48. The average molecular weight is 300 g/mol. The fraction of sp³-hybridized carbons (Fsp3) is 0.533. The SMILES string of the molecule is CCC(C)N1C(=O)C(C)NC1c1ccccc1C(F)(F)F. The Morgan fingerprint density at radius 2 is 1.95 bits per heavy atom. The second-order valence-corrected chi connectivity index (χ2v) is 5.38. The number of amides is 1. The maximum Gasteiger partial charge on any atom is 0.416 e. The lowest BCUT2D eigenvalue weighted by Crippen LogP contribution is -2.38. The van der Waals surface area contributed by atoms with Crippen LogP contribution in [-0.2, 0) is 11.0 Å². The highest BCUT2D eigenvalue weighted by Crippen LogP contribution is 2.38. The topological polar surface area (TPSA) is 32.3 Å². The van der Waals surface area contributed by atoms with Crippen molar-refractivity contribution in [1.82, 2.24) is 10.2 Å². The molecular weight excluding hydrogens is 281 g/mol. The molecule has 0 bridgehead atoms. The first-order chi connectivity index (χ1) is 9.77. The molecule has 1 aromatic carbocycles. The van der Waals surface area contributed by atoms with E-state index < -0.39 is 23.9 Å². The van der Waals surface area contributed by atoms with Crippen molar-refractivity contribution in [2.24, 2.45) is 0 Å². The van der Waals surface area contributed by atoms with Gasteiger partial charge in [0.15, 0.2) is 0 Å². The second-order valence-electron chi connectivity index (χ2n) is 5.38. The number of hydrogen-bond acceptors (Lipinski definition) is 2. The fourth-order valence-corrected chi connectivity index (χ4v) is 2.64. The molecule has 6 heteroatoms. The molecular formula is C15H19F3N2O. The lowest BCUT2D eigenvalue weighted by molar-refractivity contribution is -0.140. The van der Waals surface area contributed by atoms with Crippen molar-refractivity contribution in [2.45, 2.75) is 51.6 Å². The number of rotatable bonds is 3. The van der Waals surface area contributed by atoms with Crippen molar-refractivity contribution in [2.75, 3.05) is 0 Å². The molecule has 1 aromatic rings. The molecule has 0 aromatic heterocycles. The summed E-state index contributed by atoms with van der Waals surface area (Å²) in [5, 5.41) is 2.97. The lowest BCUT2D eigenvalue weighted by Gasteiger charge is -2.31. The van der Waals surface area contributed by atoms with E-state index in [2.05, 4.69) is 5.32 Å². The van der Waals surface area contributed by atoms with Gasteiger partial charge in [-0.2, -0.15) is 13.2 Å². The Hall–Kier alpha value is -1.56. The summed E-state index contributed by atoms with van der Waals surface area (Å²) in [5.41, 5.74) is -0.597. The standard InChI is InChI=1S/C15H19F3N2O/c1-4-9(2)20-13(19-10(3)14(20)21)11-7-5-6-8-12(11)15(16,17)18/h5-10,13,19H,4H2,1-3H3. The average Bonchev–Trinajstić information content (AvgIpc) is 2.73. The largest absolute Gasteiger partial charge is 0.416 e. The molecule has 1 N–H and O–H groups in total. The van der Waals surface area contributed by atoms with Gasteiger partial charge < -0.3 is 4.90 Å². The minimum Gasteiger partial charge on any atom is -0.319 e. The van der Waals surface area contributed by atoms with Gasteiger partial charge in [-0.25, -0.2) is 0 Å². The number of carbonyl (C=O) groups is 1. The quantitative estimate of drug-likeness (QED) is 0.928. The molecule has 1 aliphatic rings. The molecule has 3 atom stereocenters. The van der Waals surface area contributed by atoms with Gasteiger partial charge in [0, 0.05) is 11.6 Å². The number of benzene rings is 1. The number of nitrogens with zero attached hydrogens (tertiary/aromatic N) is 1. The van der Waals surface area contributed by atoms with Crippen molar-refractivity contribution >= 4 is 5.91 Å². The van der Waals surface area contributed by atoms with Crippen LogP contribution < -0.4 is 5.32 Å². The molecule has 116 valence electrons. The van der Waals surface area contributed by atoms with Crippen LogP contribution in [0.4, 0.5) is 13.2 Å². The molecule has 0 aliphatic carbocycles. The van der Waals surface area contributed by atoms with Gasteiger partial charge in [0.2, 0.25) is 5.91 Å². The lowest BCUT2D eigenvalue weighted by atomic mass is 10.0. The summed E-state index contributed by atoms with van der Waals surface area (Å²) in [6.07, 6.45) is -4.49. The molecule has 0 spiro atoms. The summed E-state index contributed by atoms with van der Waals surface area (Å²) in [6, 6.07) is 4.81. The van der Waals surface area contributed by atoms with Gasteiger partial charge in [-0.3, -0.25) is 10.1 Å². The fourth-order valence-electron chi connectivity index (χ4n) is 2.64. The van der Waals surface area contributed by atoms with E-state index in [1.54, 1.807) is 13.0 Å². The maximum atomic E-state index is 13.2. The zero-order valence-electron chi connectivity index (χ0n) is 12.2. The van der Waals surface area contributed by atoms with E-state index in [0.717, 1.165) is 6.07 Å². The Bertz CT molecular complexity index is 530. The van der Waals surface area contributed by atoms with Crippen molar-refractivity contribution in [3.05, 3.63) is 35.4 Å². The van der Waals surface area contributed by atoms with Crippen LogP contribution in [0.15, 0.2) is 24.3 Å². The molecule has 2 rings (SSSR count). The first-order valence-corrected chi connectivity index (χ1v) is 7.01. The third-order valence-corrected chi connectivity index (χ3v) is 3.94. The second kappa shape index (κ2) is 5.67. The maximum absolute atomic E-state index is 13.2. The Morgan fingerprint density at radius 1 is 1.33 bits per heavy atom. The molecule has 0 radical (unpaired) electrons. The van der Waals surface area contributed by atoms with Crippen molar-refractivity contribution < 1.29 is 18.0 Å². The molecule has 0 saturated carbocycles. The number of alkyl halides is 3. The molecule has 3 nitrogen and oxygen atoms in total. The first kappa shape index (κ1) is 15.8. The molecule has 1 heterocycles. The van der Waals surface area contributed by atoms with Crippen LogP contribution in [0.1, 0.15) is 44.5 Å². The Labute approximate surface area is 122 Å². The number of hydrogen-bond donors (Lipinski definition) is 1. The van der Waals surface area contributed by atoms with Gasteiger partial charge in [-0.05, 0) is 26.3 Å². The van der Waals surface area contributed by atoms with Gasteiger partial charge in [0.05, 0.1) is 11.6 Å². The van der Waals surface area contributed by atoms with Crippen LogP contribution in [0.25, 0.3) is 0 Å². The summed E-state index contributed by atoms with van der Waals surface area (Å²) < 4.78 is 39.5. The predicted octanol–water partition coefficient (Wildman–Crippen LogP) is 3.32. The van der Waals surface area contributed by atoms with E-state index in [-0.39, 0.29) is 17.5 Å². The zero-order chi connectivity index (χ0) is 15.8. The van der Waals surface area contributed by atoms with E-state index in [1.165, 1.54) is 17.0 Å². The van der Waals surface area contributed by atoms with E-state index in [9.17, 15) is 18.0 Å². The Morgan fingerprint density at radius 3 is 2.52 bits per heavy atom. The highest BCUT2D eigenvalue weighted by Gasteiger charge is 2.43. The molecule has 1 aliphatic heterocycles. The smallest absolute Gasteiger partial charge is 0.319 e. The minimum atomic E-state index is -4.44. The molecule has 1 saturated heterocycles. The van der Waals surface area contributed by atoms with Crippen molar-refractivity contribution in [1.29, 1.82) is 0 Å². The van der Waals surface area contributed by atoms with Crippen molar-refractivity contribution in [3.63, 3.8) is 0 Å². The van der Waals surface area contributed by atoms with Crippen LogP contribution >= 0.6 is 0 Å². The van der Waals surface area contributed by atoms with Crippen LogP contribution in [0, 0.1) is 0 Å². The molecule has 1 amide bonds. The minimum absolute atomic E-state index is 0.100. The Kier molecular flexibility index (Phi) is 4.27.